The molecule has 7 heteroatoms. The maximum atomic E-state index is 12.1. The SMILES string of the molecule is CCOC(=O)C(C)(C)c1csc(CN2CCN(C(C)=O)CC2)n1. The number of rotatable bonds is 5. The van der Waals surface area contributed by atoms with Crippen molar-refractivity contribution in [1.82, 2.24) is 14.8 Å². The molecule has 0 N–H and O–H groups in total. The Morgan fingerprint density at radius 2 is 1.96 bits per heavy atom. The first-order chi connectivity index (χ1) is 10.8. The summed E-state index contributed by atoms with van der Waals surface area (Å²) in [5, 5.41) is 2.94. The largest absolute Gasteiger partial charge is 0.465 e. The van der Waals surface area contributed by atoms with Gasteiger partial charge >= 0.3 is 5.97 Å². The van der Waals surface area contributed by atoms with Crippen LogP contribution in [0.1, 0.15) is 38.4 Å². The lowest BCUT2D eigenvalue weighted by molar-refractivity contribution is -0.148. The zero-order valence-corrected chi connectivity index (χ0v) is 15.1. The van der Waals surface area contributed by atoms with Crippen molar-refractivity contribution in [2.24, 2.45) is 0 Å². The lowest BCUT2D eigenvalue weighted by Gasteiger charge is -2.33. The Balaban J connectivity index is 1.95. The Labute approximate surface area is 141 Å². The molecule has 0 saturated carbocycles. The number of thiazole rings is 1. The van der Waals surface area contributed by atoms with Crippen LogP contribution in [0.2, 0.25) is 0 Å². The van der Waals surface area contributed by atoms with Gasteiger partial charge < -0.3 is 9.64 Å². The van der Waals surface area contributed by atoms with Gasteiger partial charge in [0.05, 0.1) is 18.8 Å². The summed E-state index contributed by atoms with van der Waals surface area (Å²) in [4.78, 5) is 32.2. The molecule has 0 unspecified atom stereocenters. The molecule has 0 bridgehead atoms. The van der Waals surface area contributed by atoms with Gasteiger partial charge in [0.2, 0.25) is 5.91 Å². The third-order valence-electron chi connectivity index (χ3n) is 4.15. The Morgan fingerprint density at radius 1 is 1.30 bits per heavy atom. The number of aromatic nitrogens is 1. The zero-order chi connectivity index (χ0) is 17.0. The summed E-state index contributed by atoms with van der Waals surface area (Å²) in [5.74, 6) is -0.107. The molecule has 2 heterocycles. The minimum atomic E-state index is -0.724. The fourth-order valence-electron chi connectivity index (χ4n) is 2.50. The summed E-state index contributed by atoms with van der Waals surface area (Å²) in [6.07, 6.45) is 0. The third kappa shape index (κ3) is 4.29. The maximum absolute atomic E-state index is 12.1. The van der Waals surface area contributed by atoms with Gasteiger partial charge in [-0.2, -0.15) is 0 Å². The van der Waals surface area contributed by atoms with Gasteiger partial charge in [-0.05, 0) is 20.8 Å². The molecule has 0 aliphatic carbocycles. The Kier molecular flexibility index (Phi) is 5.75. The van der Waals surface area contributed by atoms with Gasteiger partial charge in [-0.15, -0.1) is 11.3 Å². The van der Waals surface area contributed by atoms with Gasteiger partial charge in [-0.3, -0.25) is 14.5 Å². The van der Waals surface area contributed by atoms with Gasteiger partial charge in [-0.25, -0.2) is 4.98 Å². The topological polar surface area (TPSA) is 62.7 Å². The molecule has 1 saturated heterocycles. The third-order valence-corrected chi connectivity index (χ3v) is 4.99. The minimum Gasteiger partial charge on any atom is -0.465 e. The highest BCUT2D eigenvalue weighted by Crippen LogP contribution is 2.27. The number of nitrogens with zero attached hydrogens (tertiary/aromatic N) is 3. The molecule has 0 spiro atoms. The number of piperazine rings is 1. The Bertz CT molecular complexity index is 563. The molecule has 1 aromatic heterocycles. The molecule has 128 valence electrons. The van der Waals surface area contributed by atoms with E-state index in [9.17, 15) is 9.59 Å². The second kappa shape index (κ2) is 7.40. The molecule has 1 fully saturated rings. The maximum Gasteiger partial charge on any atom is 0.317 e. The van der Waals surface area contributed by atoms with Crippen molar-refractivity contribution in [3.63, 3.8) is 0 Å². The van der Waals surface area contributed by atoms with Crippen LogP contribution in [0, 0.1) is 0 Å². The van der Waals surface area contributed by atoms with E-state index in [1.807, 2.05) is 24.1 Å². The highest BCUT2D eigenvalue weighted by atomic mass is 32.1. The van der Waals surface area contributed by atoms with Crippen molar-refractivity contribution in [3.05, 3.63) is 16.1 Å². The van der Waals surface area contributed by atoms with E-state index < -0.39 is 5.41 Å². The molecule has 2 rings (SSSR count). The van der Waals surface area contributed by atoms with Crippen molar-refractivity contribution in [2.45, 2.75) is 39.7 Å². The van der Waals surface area contributed by atoms with Gasteiger partial charge in [0.15, 0.2) is 0 Å². The first kappa shape index (κ1) is 17.9. The standard InChI is InChI=1S/C16H25N3O3S/c1-5-22-15(21)16(3,4)13-11-23-14(17-13)10-18-6-8-19(9-7-18)12(2)20/h11H,5-10H2,1-4H3. The van der Waals surface area contributed by atoms with Crippen LogP contribution in [0.15, 0.2) is 5.38 Å². The Morgan fingerprint density at radius 3 is 2.52 bits per heavy atom. The van der Waals surface area contributed by atoms with Crippen LogP contribution in [0.4, 0.5) is 0 Å². The van der Waals surface area contributed by atoms with Crippen LogP contribution >= 0.6 is 11.3 Å². The van der Waals surface area contributed by atoms with E-state index in [0.717, 1.165) is 43.4 Å². The predicted molar refractivity (Wildman–Crippen MR) is 89.3 cm³/mol. The predicted octanol–water partition coefficient (Wildman–Crippen LogP) is 1.65. The minimum absolute atomic E-state index is 0.136. The van der Waals surface area contributed by atoms with Crippen molar-refractivity contribution in [2.75, 3.05) is 32.8 Å². The fourth-order valence-corrected chi connectivity index (χ4v) is 3.50. The second-order valence-corrected chi connectivity index (χ2v) is 7.20. The molecule has 0 radical (unpaired) electrons. The van der Waals surface area contributed by atoms with E-state index in [2.05, 4.69) is 9.88 Å². The van der Waals surface area contributed by atoms with Gasteiger partial charge in [0.1, 0.15) is 10.4 Å². The van der Waals surface area contributed by atoms with Crippen LogP contribution in [-0.2, 0) is 26.3 Å². The molecule has 1 aliphatic rings. The number of hydrogen-bond donors (Lipinski definition) is 0. The lowest BCUT2D eigenvalue weighted by Crippen LogP contribution is -2.47. The molecular weight excluding hydrogens is 314 g/mol. The Hall–Kier alpha value is -1.47. The molecular formula is C16H25N3O3S. The lowest BCUT2D eigenvalue weighted by atomic mass is 9.90. The number of amides is 1. The van der Waals surface area contributed by atoms with E-state index >= 15 is 0 Å². The molecule has 23 heavy (non-hydrogen) atoms. The van der Waals surface area contributed by atoms with Crippen LogP contribution < -0.4 is 0 Å². The summed E-state index contributed by atoms with van der Waals surface area (Å²) in [5.41, 5.74) is 0.0382. The molecule has 1 aromatic rings. The highest BCUT2D eigenvalue weighted by Gasteiger charge is 2.34. The molecule has 0 aromatic carbocycles. The van der Waals surface area contributed by atoms with Crippen LogP contribution in [0.5, 0.6) is 0 Å². The molecule has 1 aliphatic heterocycles. The first-order valence-corrected chi connectivity index (χ1v) is 8.82. The monoisotopic (exact) mass is 339 g/mol. The number of hydrogen-bond acceptors (Lipinski definition) is 6. The van der Waals surface area contributed by atoms with Crippen molar-refractivity contribution >= 4 is 23.2 Å². The summed E-state index contributed by atoms with van der Waals surface area (Å²) in [6, 6.07) is 0. The van der Waals surface area contributed by atoms with E-state index in [-0.39, 0.29) is 11.9 Å². The average Bonchev–Trinajstić information content (AvgIpc) is 2.97. The average molecular weight is 339 g/mol. The van der Waals surface area contributed by atoms with Crippen LogP contribution in [-0.4, -0.2) is 59.4 Å². The normalized spacial score (nSPS) is 16.4. The molecule has 1 amide bonds. The number of carbonyl (C=O) groups is 2. The van der Waals surface area contributed by atoms with Crippen molar-refractivity contribution in [1.29, 1.82) is 0 Å². The molecule has 6 nitrogen and oxygen atoms in total. The summed E-state index contributed by atoms with van der Waals surface area (Å²) < 4.78 is 5.13. The van der Waals surface area contributed by atoms with Gasteiger partial charge in [0.25, 0.3) is 0 Å². The van der Waals surface area contributed by atoms with E-state index in [4.69, 9.17) is 4.74 Å². The quantitative estimate of drug-likeness (QED) is 0.763. The number of ether oxygens (including phenoxy) is 1. The zero-order valence-electron chi connectivity index (χ0n) is 14.3. The second-order valence-electron chi connectivity index (χ2n) is 6.25. The summed E-state index contributed by atoms with van der Waals surface area (Å²) >= 11 is 1.57. The molecule has 0 atom stereocenters. The van der Waals surface area contributed by atoms with Crippen LogP contribution in [0.25, 0.3) is 0 Å². The summed E-state index contributed by atoms with van der Waals surface area (Å²) in [7, 11) is 0. The van der Waals surface area contributed by atoms with Crippen LogP contribution in [0.3, 0.4) is 0 Å². The van der Waals surface area contributed by atoms with Gasteiger partial charge in [-0.1, -0.05) is 0 Å². The highest BCUT2D eigenvalue weighted by molar-refractivity contribution is 7.09. The van der Waals surface area contributed by atoms with Crippen molar-refractivity contribution < 1.29 is 14.3 Å². The number of carbonyl (C=O) groups excluding carboxylic acids is 2. The van der Waals surface area contributed by atoms with E-state index in [1.54, 1.807) is 25.2 Å². The van der Waals surface area contributed by atoms with Gasteiger partial charge in [0, 0.05) is 38.5 Å². The summed E-state index contributed by atoms with van der Waals surface area (Å²) in [6.45, 7) is 11.5. The van der Waals surface area contributed by atoms with E-state index in [0.29, 0.717) is 6.61 Å². The number of esters is 1. The van der Waals surface area contributed by atoms with Crippen molar-refractivity contribution in [3.8, 4) is 0 Å². The van der Waals surface area contributed by atoms with E-state index in [1.165, 1.54) is 0 Å². The fraction of sp³-hybridized carbons (Fsp3) is 0.688. The first-order valence-electron chi connectivity index (χ1n) is 7.94. The smallest absolute Gasteiger partial charge is 0.317 e.